The number of aromatic amines is 1. The van der Waals surface area contributed by atoms with E-state index in [0.717, 1.165) is 16.8 Å². The second-order valence-electron chi connectivity index (χ2n) is 5.88. The standard InChI is InChI=1S/C21H16N2O2S/c24-20-18-8-4-5-9-19(18)22-21(26)23(20)16-10-12-17(13-11-16)25-14-15-6-2-1-3-7-15/h1-13H,14H2,(H,22,26). The van der Waals surface area contributed by atoms with Crippen molar-refractivity contribution in [3.8, 4) is 11.4 Å². The number of para-hydroxylation sites is 1. The van der Waals surface area contributed by atoms with E-state index in [1.165, 1.54) is 4.57 Å². The van der Waals surface area contributed by atoms with E-state index in [0.29, 0.717) is 22.5 Å². The Morgan fingerprint density at radius 2 is 1.58 bits per heavy atom. The van der Waals surface area contributed by atoms with Crippen molar-refractivity contribution in [1.29, 1.82) is 0 Å². The van der Waals surface area contributed by atoms with E-state index in [-0.39, 0.29) is 5.56 Å². The minimum atomic E-state index is -0.137. The van der Waals surface area contributed by atoms with Crippen LogP contribution in [0.4, 0.5) is 0 Å². The molecule has 128 valence electrons. The van der Waals surface area contributed by atoms with E-state index < -0.39 is 0 Å². The van der Waals surface area contributed by atoms with E-state index in [4.69, 9.17) is 17.0 Å². The number of fused-ring (bicyclic) bond motifs is 1. The van der Waals surface area contributed by atoms with E-state index in [2.05, 4.69) is 4.98 Å². The third-order valence-electron chi connectivity index (χ3n) is 4.15. The summed E-state index contributed by atoms with van der Waals surface area (Å²) in [7, 11) is 0. The first-order valence-corrected chi connectivity index (χ1v) is 8.64. The van der Waals surface area contributed by atoms with Gasteiger partial charge >= 0.3 is 0 Å². The molecule has 0 unspecified atom stereocenters. The third kappa shape index (κ3) is 3.17. The third-order valence-corrected chi connectivity index (χ3v) is 4.43. The Morgan fingerprint density at radius 3 is 2.35 bits per heavy atom. The molecule has 0 radical (unpaired) electrons. The fraction of sp³-hybridized carbons (Fsp3) is 0.0476. The summed E-state index contributed by atoms with van der Waals surface area (Å²) in [4.78, 5) is 15.9. The summed E-state index contributed by atoms with van der Waals surface area (Å²) in [5, 5.41) is 0.602. The highest BCUT2D eigenvalue weighted by molar-refractivity contribution is 7.71. The molecule has 0 bridgehead atoms. The summed E-state index contributed by atoms with van der Waals surface area (Å²) in [5.41, 5.74) is 2.41. The van der Waals surface area contributed by atoms with Gasteiger partial charge in [-0.25, -0.2) is 0 Å². The lowest BCUT2D eigenvalue weighted by molar-refractivity contribution is 0.306. The Bertz CT molecular complexity index is 1160. The Hall–Kier alpha value is -3.18. The van der Waals surface area contributed by atoms with Gasteiger partial charge in [-0.2, -0.15) is 0 Å². The van der Waals surface area contributed by atoms with Gasteiger partial charge in [0.25, 0.3) is 5.56 Å². The molecular formula is C21H16N2O2S. The molecule has 0 aliphatic carbocycles. The minimum absolute atomic E-state index is 0.137. The van der Waals surface area contributed by atoms with Crippen LogP contribution in [-0.4, -0.2) is 9.55 Å². The maximum atomic E-state index is 12.8. The number of hydrogen-bond donors (Lipinski definition) is 1. The molecule has 0 saturated heterocycles. The van der Waals surface area contributed by atoms with Gasteiger partial charge in [-0.05, 0) is 54.2 Å². The molecule has 0 saturated carbocycles. The molecule has 0 atom stereocenters. The van der Waals surface area contributed by atoms with Crippen molar-refractivity contribution in [2.75, 3.05) is 0 Å². The van der Waals surface area contributed by atoms with Crippen LogP contribution in [0.3, 0.4) is 0 Å². The molecule has 1 aromatic heterocycles. The molecule has 0 spiro atoms. The summed E-state index contributed by atoms with van der Waals surface area (Å²) in [6.07, 6.45) is 0. The van der Waals surface area contributed by atoms with Crippen LogP contribution in [-0.2, 0) is 6.61 Å². The maximum absolute atomic E-state index is 12.8. The zero-order chi connectivity index (χ0) is 17.9. The number of hydrogen-bond acceptors (Lipinski definition) is 3. The van der Waals surface area contributed by atoms with Crippen LogP contribution in [0, 0.1) is 4.77 Å². The molecule has 1 N–H and O–H groups in total. The average Bonchev–Trinajstić information content (AvgIpc) is 2.68. The summed E-state index contributed by atoms with van der Waals surface area (Å²) < 4.78 is 7.66. The maximum Gasteiger partial charge on any atom is 0.266 e. The number of rotatable bonds is 4. The number of ether oxygens (including phenoxy) is 1. The van der Waals surface area contributed by atoms with Gasteiger partial charge < -0.3 is 9.72 Å². The zero-order valence-electron chi connectivity index (χ0n) is 13.9. The smallest absolute Gasteiger partial charge is 0.266 e. The van der Waals surface area contributed by atoms with Crippen LogP contribution in [0.2, 0.25) is 0 Å². The highest BCUT2D eigenvalue weighted by atomic mass is 32.1. The summed E-state index contributed by atoms with van der Waals surface area (Å²) >= 11 is 5.37. The normalized spacial score (nSPS) is 10.8. The van der Waals surface area contributed by atoms with E-state index in [1.807, 2.05) is 72.8 Å². The molecule has 5 heteroatoms. The van der Waals surface area contributed by atoms with Crippen molar-refractivity contribution < 1.29 is 4.74 Å². The van der Waals surface area contributed by atoms with Crippen LogP contribution in [0.25, 0.3) is 16.6 Å². The first-order valence-electron chi connectivity index (χ1n) is 8.23. The van der Waals surface area contributed by atoms with Gasteiger partial charge in [-0.1, -0.05) is 42.5 Å². The largest absolute Gasteiger partial charge is 0.489 e. The lowest BCUT2D eigenvalue weighted by atomic mass is 10.2. The number of H-pyrrole nitrogens is 1. The van der Waals surface area contributed by atoms with Gasteiger partial charge in [0.15, 0.2) is 4.77 Å². The molecule has 4 aromatic rings. The van der Waals surface area contributed by atoms with Crippen LogP contribution >= 0.6 is 12.2 Å². The van der Waals surface area contributed by atoms with E-state index in [9.17, 15) is 4.79 Å². The predicted molar refractivity (Wildman–Crippen MR) is 106 cm³/mol. The van der Waals surface area contributed by atoms with Crippen molar-refractivity contribution in [3.63, 3.8) is 0 Å². The van der Waals surface area contributed by atoms with Crippen LogP contribution in [0.5, 0.6) is 5.75 Å². The first kappa shape index (κ1) is 16.3. The monoisotopic (exact) mass is 360 g/mol. The molecule has 0 aliphatic rings. The summed E-state index contributed by atoms with van der Waals surface area (Å²) in [5.74, 6) is 0.737. The van der Waals surface area contributed by atoms with Crippen molar-refractivity contribution in [1.82, 2.24) is 9.55 Å². The highest BCUT2D eigenvalue weighted by Gasteiger charge is 2.07. The fourth-order valence-corrected chi connectivity index (χ4v) is 3.13. The molecule has 0 fully saturated rings. The lowest BCUT2D eigenvalue weighted by Crippen LogP contribution is -2.20. The van der Waals surface area contributed by atoms with Gasteiger partial charge in [0.1, 0.15) is 12.4 Å². The molecule has 1 heterocycles. The van der Waals surface area contributed by atoms with Gasteiger partial charge in [-0.3, -0.25) is 9.36 Å². The SMILES string of the molecule is O=c1c2ccccc2[nH]c(=S)n1-c1ccc(OCc2ccccc2)cc1. The Kier molecular flexibility index (Phi) is 4.37. The minimum Gasteiger partial charge on any atom is -0.489 e. The van der Waals surface area contributed by atoms with Crippen LogP contribution in [0.1, 0.15) is 5.56 Å². The fourth-order valence-electron chi connectivity index (χ4n) is 2.83. The van der Waals surface area contributed by atoms with Crippen molar-refractivity contribution in [2.45, 2.75) is 6.61 Å². The van der Waals surface area contributed by atoms with Gasteiger partial charge in [0.2, 0.25) is 0 Å². The average molecular weight is 360 g/mol. The molecule has 0 aliphatic heterocycles. The van der Waals surface area contributed by atoms with Crippen molar-refractivity contribution in [3.05, 3.63) is 99.6 Å². The van der Waals surface area contributed by atoms with Gasteiger partial charge in [0.05, 0.1) is 16.6 Å². The number of nitrogens with one attached hydrogen (secondary N) is 1. The van der Waals surface area contributed by atoms with Gasteiger partial charge in [0, 0.05) is 0 Å². The number of aromatic nitrogens is 2. The van der Waals surface area contributed by atoms with E-state index in [1.54, 1.807) is 6.07 Å². The summed E-state index contributed by atoms with van der Waals surface area (Å²) in [6.45, 7) is 0.496. The number of benzene rings is 3. The van der Waals surface area contributed by atoms with Crippen molar-refractivity contribution in [2.24, 2.45) is 0 Å². The molecule has 26 heavy (non-hydrogen) atoms. The number of nitrogens with zero attached hydrogens (tertiary/aromatic N) is 1. The Labute approximate surface area is 155 Å². The van der Waals surface area contributed by atoms with Gasteiger partial charge in [-0.15, -0.1) is 0 Å². The van der Waals surface area contributed by atoms with Crippen LogP contribution in [0.15, 0.2) is 83.7 Å². The van der Waals surface area contributed by atoms with Crippen molar-refractivity contribution >= 4 is 23.1 Å². The second-order valence-corrected chi connectivity index (χ2v) is 6.27. The molecule has 4 rings (SSSR count). The molecule has 4 nitrogen and oxygen atoms in total. The first-order chi connectivity index (χ1) is 12.7. The quantitative estimate of drug-likeness (QED) is 0.540. The van der Waals surface area contributed by atoms with E-state index >= 15 is 0 Å². The Balaban J connectivity index is 1.64. The Morgan fingerprint density at radius 1 is 0.885 bits per heavy atom. The molecular weight excluding hydrogens is 344 g/mol. The molecule has 0 amide bonds. The second kappa shape index (κ2) is 6.98. The summed E-state index contributed by atoms with van der Waals surface area (Å²) in [6, 6.07) is 24.7. The molecule has 3 aromatic carbocycles. The topological polar surface area (TPSA) is 47.0 Å². The zero-order valence-corrected chi connectivity index (χ0v) is 14.7. The highest BCUT2D eigenvalue weighted by Crippen LogP contribution is 2.17. The lowest BCUT2D eigenvalue weighted by Gasteiger charge is -2.10. The predicted octanol–water partition coefficient (Wildman–Crippen LogP) is 4.63. The van der Waals surface area contributed by atoms with Crippen LogP contribution < -0.4 is 10.3 Å².